The largest absolute Gasteiger partial charge is 0.497 e. The zero-order valence-electron chi connectivity index (χ0n) is 15.8. The van der Waals surface area contributed by atoms with Gasteiger partial charge >= 0.3 is 0 Å². The molecule has 0 bridgehead atoms. The quantitative estimate of drug-likeness (QED) is 0.831. The summed E-state index contributed by atoms with van der Waals surface area (Å²) in [5, 5.41) is 0.932. The molecular weight excluding hydrogens is 330 g/mol. The first kappa shape index (κ1) is 18.2. The van der Waals surface area contributed by atoms with E-state index in [4.69, 9.17) is 4.74 Å². The van der Waals surface area contributed by atoms with E-state index in [1.54, 1.807) is 18.1 Å². The number of benzene rings is 1. The van der Waals surface area contributed by atoms with Gasteiger partial charge in [0.2, 0.25) is 5.91 Å². The topological polar surface area (TPSA) is 62.7 Å². The van der Waals surface area contributed by atoms with E-state index in [0.29, 0.717) is 31.9 Å². The van der Waals surface area contributed by atoms with E-state index >= 15 is 0 Å². The summed E-state index contributed by atoms with van der Waals surface area (Å²) >= 11 is 0. The van der Waals surface area contributed by atoms with Crippen LogP contribution in [0, 0.1) is 5.41 Å². The first-order chi connectivity index (χ1) is 12.3. The molecule has 0 spiro atoms. The molecule has 1 aliphatic heterocycles. The van der Waals surface area contributed by atoms with Crippen molar-refractivity contribution in [1.82, 2.24) is 14.8 Å². The number of piperazine rings is 1. The normalized spacial score (nSPS) is 15.2. The Kier molecular flexibility index (Phi) is 4.85. The van der Waals surface area contributed by atoms with Gasteiger partial charge in [0.05, 0.1) is 12.6 Å². The minimum absolute atomic E-state index is 0.0921. The molecule has 2 heterocycles. The highest BCUT2D eigenvalue weighted by atomic mass is 16.5. The molecule has 6 heteroatoms. The van der Waals surface area contributed by atoms with E-state index in [2.05, 4.69) is 4.98 Å². The molecule has 138 valence electrons. The van der Waals surface area contributed by atoms with Gasteiger partial charge in [-0.25, -0.2) is 4.98 Å². The number of methoxy groups -OCH3 is 1. The Balaban J connectivity index is 1.70. The van der Waals surface area contributed by atoms with E-state index in [-0.39, 0.29) is 11.8 Å². The molecule has 1 fully saturated rings. The number of carbonyl (C=O) groups is 2. The van der Waals surface area contributed by atoms with Crippen LogP contribution in [-0.2, 0) is 4.79 Å². The van der Waals surface area contributed by atoms with E-state index in [9.17, 15) is 9.59 Å². The Morgan fingerprint density at radius 1 is 1.00 bits per heavy atom. The molecule has 0 N–H and O–H groups in total. The number of rotatable bonds is 2. The maximum absolute atomic E-state index is 12.8. The fourth-order valence-corrected chi connectivity index (χ4v) is 3.10. The van der Waals surface area contributed by atoms with Crippen LogP contribution >= 0.6 is 0 Å². The third-order valence-electron chi connectivity index (χ3n) is 4.61. The second-order valence-corrected chi connectivity index (χ2v) is 7.59. The van der Waals surface area contributed by atoms with E-state index in [1.807, 2.05) is 49.9 Å². The number of hydrogen-bond acceptors (Lipinski definition) is 4. The zero-order chi connectivity index (χ0) is 18.9. The van der Waals surface area contributed by atoms with E-state index in [1.165, 1.54) is 0 Å². The lowest BCUT2D eigenvalue weighted by molar-refractivity contribution is -0.140. The minimum atomic E-state index is -0.396. The Labute approximate surface area is 153 Å². The molecule has 0 aliphatic carbocycles. The van der Waals surface area contributed by atoms with Gasteiger partial charge in [0.15, 0.2) is 0 Å². The third-order valence-corrected chi connectivity index (χ3v) is 4.61. The highest BCUT2D eigenvalue weighted by molar-refractivity contribution is 5.95. The molecular formula is C20H25N3O3. The van der Waals surface area contributed by atoms with Crippen molar-refractivity contribution in [2.24, 2.45) is 5.41 Å². The molecule has 0 unspecified atom stereocenters. The number of amides is 2. The Bertz CT molecular complexity index is 834. The first-order valence-corrected chi connectivity index (χ1v) is 8.83. The highest BCUT2D eigenvalue weighted by Crippen LogP contribution is 2.21. The van der Waals surface area contributed by atoms with Crippen molar-refractivity contribution in [3.63, 3.8) is 0 Å². The second-order valence-electron chi connectivity index (χ2n) is 7.59. The summed E-state index contributed by atoms with van der Waals surface area (Å²) in [7, 11) is 1.62. The van der Waals surface area contributed by atoms with Crippen LogP contribution in [0.4, 0.5) is 0 Å². The summed E-state index contributed by atoms with van der Waals surface area (Å²) in [6.45, 7) is 7.94. The number of carbonyl (C=O) groups excluding carboxylic acids is 2. The minimum Gasteiger partial charge on any atom is -0.497 e. The van der Waals surface area contributed by atoms with Crippen LogP contribution in [0.2, 0.25) is 0 Å². The smallest absolute Gasteiger partial charge is 0.272 e. The second kappa shape index (κ2) is 6.94. The van der Waals surface area contributed by atoms with E-state index in [0.717, 1.165) is 16.7 Å². The zero-order valence-corrected chi connectivity index (χ0v) is 15.8. The molecule has 1 saturated heterocycles. The van der Waals surface area contributed by atoms with Gasteiger partial charge in [-0.2, -0.15) is 0 Å². The van der Waals surface area contributed by atoms with Gasteiger partial charge in [0, 0.05) is 37.0 Å². The van der Waals surface area contributed by atoms with Gasteiger partial charge in [0.25, 0.3) is 5.91 Å². The summed E-state index contributed by atoms with van der Waals surface area (Å²) in [6.07, 6.45) is 0. The average Bonchev–Trinajstić information content (AvgIpc) is 2.65. The number of fused-ring (bicyclic) bond motifs is 1. The summed E-state index contributed by atoms with van der Waals surface area (Å²) in [4.78, 5) is 33.2. The molecule has 2 amide bonds. The van der Waals surface area contributed by atoms with Crippen molar-refractivity contribution in [3.05, 3.63) is 36.0 Å². The molecule has 1 aliphatic rings. The van der Waals surface area contributed by atoms with Gasteiger partial charge in [0.1, 0.15) is 11.4 Å². The van der Waals surface area contributed by atoms with Crippen LogP contribution < -0.4 is 4.74 Å². The van der Waals surface area contributed by atoms with Crippen LogP contribution in [0.3, 0.4) is 0 Å². The Morgan fingerprint density at radius 2 is 1.65 bits per heavy atom. The third kappa shape index (κ3) is 3.64. The number of nitrogens with zero attached hydrogens (tertiary/aromatic N) is 3. The van der Waals surface area contributed by atoms with Gasteiger partial charge < -0.3 is 14.5 Å². The lowest BCUT2D eigenvalue weighted by Gasteiger charge is -2.37. The molecule has 6 nitrogen and oxygen atoms in total. The predicted molar refractivity (Wildman–Crippen MR) is 100 cm³/mol. The van der Waals surface area contributed by atoms with Gasteiger partial charge in [-0.15, -0.1) is 0 Å². The number of hydrogen-bond donors (Lipinski definition) is 0. The standard InChI is InChI=1S/C20H25N3O3/c1-20(2,3)19(25)23-11-9-22(10-12-23)18(24)17-7-5-14-13-15(26-4)6-8-16(14)21-17/h5-8,13H,9-12H2,1-4H3. The number of aromatic nitrogens is 1. The van der Waals surface area contributed by atoms with Crippen LogP contribution in [-0.4, -0.2) is 59.9 Å². The summed E-state index contributed by atoms with van der Waals surface area (Å²) in [5.41, 5.74) is 0.795. The maximum Gasteiger partial charge on any atom is 0.272 e. The van der Waals surface area contributed by atoms with Gasteiger partial charge in [-0.3, -0.25) is 9.59 Å². The fourth-order valence-electron chi connectivity index (χ4n) is 3.10. The van der Waals surface area contributed by atoms with Crippen molar-refractivity contribution in [1.29, 1.82) is 0 Å². The molecule has 26 heavy (non-hydrogen) atoms. The number of pyridine rings is 1. The molecule has 1 aromatic heterocycles. The molecule has 0 radical (unpaired) electrons. The summed E-state index contributed by atoms with van der Waals surface area (Å²) in [5.74, 6) is 0.797. The molecule has 2 aromatic rings. The molecule has 1 aromatic carbocycles. The fraction of sp³-hybridized carbons (Fsp3) is 0.450. The molecule has 0 saturated carbocycles. The number of ether oxygens (including phenoxy) is 1. The first-order valence-electron chi connectivity index (χ1n) is 8.83. The van der Waals surface area contributed by atoms with Crippen molar-refractivity contribution >= 4 is 22.7 Å². The van der Waals surface area contributed by atoms with Crippen LogP contribution in [0.5, 0.6) is 5.75 Å². The van der Waals surface area contributed by atoms with E-state index < -0.39 is 5.41 Å². The van der Waals surface area contributed by atoms with Crippen LogP contribution in [0.15, 0.2) is 30.3 Å². The maximum atomic E-state index is 12.8. The Hall–Kier alpha value is -2.63. The van der Waals surface area contributed by atoms with Gasteiger partial charge in [-0.05, 0) is 24.3 Å². The summed E-state index contributed by atoms with van der Waals surface area (Å²) in [6, 6.07) is 9.22. The van der Waals surface area contributed by atoms with Crippen molar-refractivity contribution in [2.75, 3.05) is 33.3 Å². The lowest BCUT2D eigenvalue weighted by Crippen LogP contribution is -2.53. The van der Waals surface area contributed by atoms with Crippen molar-refractivity contribution < 1.29 is 14.3 Å². The average molecular weight is 355 g/mol. The van der Waals surface area contributed by atoms with Crippen LogP contribution in [0.1, 0.15) is 31.3 Å². The SMILES string of the molecule is COc1ccc2nc(C(=O)N3CCN(C(=O)C(C)(C)C)CC3)ccc2c1. The molecule has 3 rings (SSSR count). The highest BCUT2D eigenvalue weighted by Gasteiger charge is 2.31. The lowest BCUT2D eigenvalue weighted by atomic mass is 9.94. The Morgan fingerprint density at radius 3 is 2.27 bits per heavy atom. The van der Waals surface area contributed by atoms with Crippen molar-refractivity contribution in [2.45, 2.75) is 20.8 Å². The molecule has 0 atom stereocenters. The van der Waals surface area contributed by atoms with Crippen LogP contribution in [0.25, 0.3) is 10.9 Å². The summed E-state index contributed by atoms with van der Waals surface area (Å²) < 4.78 is 5.21. The van der Waals surface area contributed by atoms with Gasteiger partial charge in [-0.1, -0.05) is 26.8 Å². The predicted octanol–water partition coefficient (Wildman–Crippen LogP) is 2.57. The van der Waals surface area contributed by atoms with Crippen molar-refractivity contribution in [3.8, 4) is 5.75 Å². The monoisotopic (exact) mass is 355 g/mol.